The molecule has 0 atom stereocenters. The first kappa shape index (κ1) is 15.6. The Morgan fingerprint density at radius 1 is 1.04 bits per heavy atom. The summed E-state index contributed by atoms with van der Waals surface area (Å²) >= 11 is 0. The molecule has 1 aliphatic carbocycles. The topological polar surface area (TPSA) is 46.9 Å². The molecule has 126 valence electrons. The average molecular weight is 331 g/mol. The second-order valence-electron chi connectivity index (χ2n) is 6.63. The van der Waals surface area contributed by atoms with Gasteiger partial charge < -0.3 is 5.32 Å². The van der Waals surface area contributed by atoms with Crippen LogP contribution in [0.1, 0.15) is 39.2 Å². The third-order valence-corrected chi connectivity index (χ3v) is 4.91. The fourth-order valence-corrected chi connectivity index (χ4v) is 3.34. The van der Waals surface area contributed by atoms with Crippen molar-refractivity contribution < 1.29 is 4.79 Å². The Kier molecular flexibility index (Phi) is 3.88. The van der Waals surface area contributed by atoms with E-state index < -0.39 is 0 Å². The molecule has 0 aliphatic heterocycles. The quantitative estimate of drug-likeness (QED) is 0.781. The number of rotatable bonds is 3. The van der Waals surface area contributed by atoms with Crippen LogP contribution in [0.5, 0.6) is 0 Å². The summed E-state index contributed by atoms with van der Waals surface area (Å²) in [6.07, 6.45) is 3.03. The van der Waals surface area contributed by atoms with Crippen LogP contribution in [-0.2, 0) is 12.8 Å². The summed E-state index contributed by atoms with van der Waals surface area (Å²) in [5.74, 6) is 0.719. The number of anilines is 1. The van der Waals surface area contributed by atoms with Crippen LogP contribution in [0, 0.1) is 13.8 Å². The molecular weight excluding hydrogens is 310 g/mol. The molecule has 1 heterocycles. The molecular formula is C21H21N3O. The number of fused-ring (bicyclic) bond motifs is 1. The predicted molar refractivity (Wildman–Crippen MR) is 99.5 cm³/mol. The maximum Gasteiger partial charge on any atom is 0.256 e. The summed E-state index contributed by atoms with van der Waals surface area (Å²) in [4.78, 5) is 12.8. The molecule has 4 rings (SSSR count). The van der Waals surface area contributed by atoms with Crippen LogP contribution in [-0.4, -0.2) is 15.7 Å². The number of aromatic nitrogens is 2. The molecule has 1 N–H and O–H groups in total. The first-order valence-corrected chi connectivity index (χ1v) is 8.68. The Labute approximate surface area is 147 Å². The third kappa shape index (κ3) is 2.84. The Morgan fingerprint density at radius 2 is 1.84 bits per heavy atom. The lowest BCUT2D eigenvalue weighted by atomic mass is 10.1. The fourth-order valence-electron chi connectivity index (χ4n) is 3.34. The van der Waals surface area contributed by atoms with Gasteiger partial charge in [-0.15, -0.1) is 0 Å². The van der Waals surface area contributed by atoms with Crippen molar-refractivity contribution in [2.45, 2.75) is 33.1 Å². The van der Waals surface area contributed by atoms with Crippen molar-refractivity contribution in [1.82, 2.24) is 9.78 Å². The van der Waals surface area contributed by atoms with Gasteiger partial charge in [0.05, 0.1) is 11.4 Å². The highest BCUT2D eigenvalue weighted by Gasteiger charge is 2.24. The van der Waals surface area contributed by atoms with Gasteiger partial charge in [0.15, 0.2) is 0 Å². The van der Waals surface area contributed by atoms with Crippen LogP contribution in [0.15, 0.2) is 48.5 Å². The van der Waals surface area contributed by atoms with E-state index in [0.29, 0.717) is 5.56 Å². The predicted octanol–water partition coefficient (Wildman–Crippen LogP) is 4.23. The van der Waals surface area contributed by atoms with E-state index in [0.717, 1.165) is 42.0 Å². The van der Waals surface area contributed by atoms with Crippen LogP contribution in [0.2, 0.25) is 0 Å². The molecule has 2 aromatic carbocycles. The van der Waals surface area contributed by atoms with Gasteiger partial charge in [-0.05, 0) is 68.5 Å². The highest BCUT2D eigenvalue weighted by atomic mass is 16.1. The molecule has 0 unspecified atom stereocenters. The van der Waals surface area contributed by atoms with Crippen molar-refractivity contribution in [1.29, 1.82) is 0 Å². The average Bonchev–Trinajstić information content (AvgIpc) is 3.20. The number of hydrogen-bond acceptors (Lipinski definition) is 2. The lowest BCUT2D eigenvalue weighted by molar-refractivity contribution is 0.102. The van der Waals surface area contributed by atoms with Crippen LogP contribution < -0.4 is 5.32 Å². The molecule has 0 spiro atoms. The van der Waals surface area contributed by atoms with Gasteiger partial charge in [0.1, 0.15) is 5.82 Å². The summed E-state index contributed by atoms with van der Waals surface area (Å²) in [6.45, 7) is 4.08. The van der Waals surface area contributed by atoms with E-state index in [2.05, 4.69) is 5.32 Å². The fraction of sp³-hybridized carbons (Fsp3) is 0.238. The number of carbonyl (C=O) groups is 1. The van der Waals surface area contributed by atoms with Gasteiger partial charge >= 0.3 is 0 Å². The summed E-state index contributed by atoms with van der Waals surface area (Å²) < 4.78 is 1.86. The van der Waals surface area contributed by atoms with E-state index in [4.69, 9.17) is 5.10 Å². The van der Waals surface area contributed by atoms with Crippen LogP contribution >= 0.6 is 0 Å². The highest BCUT2D eigenvalue weighted by Crippen LogP contribution is 2.31. The summed E-state index contributed by atoms with van der Waals surface area (Å²) in [5.41, 5.74) is 6.21. The Hall–Kier alpha value is -2.88. The molecule has 3 aromatic rings. The minimum atomic E-state index is -0.0881. The van der Waals surface area contributed by atoms with Crippen molar-refractivity contribution >= 4 is 11.7 Å². The highest BCUT2D eigenvalue weighted by molar-refractivity contribution is 6.04. The second-order valence-corrected chi connectivity index (χ2v) is 6.63. The number of aryl methyl sites for hydroxylation is 3. The normalized spacial score (nSPS) is 12.9. The number of amides is 1. The van der Waals surface area contributed by atoms with Crippen molar-refractivity contribution in [2.75, 3.05) is 5.32 Å². The van der Waals surface area contributed by atoms with Gasteiger partial charge in [-0.2, -0.15) is 5.10 Å². The van der Waals surface area contributed by atoms with Crippen LogP contribution in [0.4, 0.5) is 5.82 Å². The monoisotopic (exact) mass is 331 g/mol. The van der Waals surface area contributed by atoms with Crippen molar-refractivity contribution in [2.24, 2.45) is 0 Å². The van der Waals surface area contributed by atoms with E-state index in [9.17, 15) is 4.79 Å². The smallest absolute Gasteiger partial charge is 0.256 e. The number of carbonyl (C=O) groups excluding carboxylic acids is 1. The van der Waals surface area contributed by atoms with Crippen LogP contribution in [0.3, 0.4) is 0 Å². The molecule has 25 heavy (non-hydrogen) atoms. The van der Waals surface area contributed by atoms with Crippen molar-refractivity contribution in [3.05, 3.63) is 76.5 Å². The number of para-hydroxylation sites is 1. The third-order valence-electron chi connectivity index (χ3n) is 4.91. The molecule has 1 aliphatic rings. The minimum Gasteiger partial charge on any atom is -0.306 e. The Balaban J connectivity index is 1.72. The summed E-state index contributed by atoms with van der Waals surface area (Å²) in [5, 5.41) is 7.86. The van der Waals surface area contributed by atoms with Crippen LogP contribution in [0.25, 0.3) is 5.69 Å². The van der Waals surface area contributed by atoms with Crippen molar-refractivity contribution in [3.8, 4) is 5.69 Å². The first-order valence-electron chi connectivity index (χ1n) is 8.68. The van der Waals surface area contributed by atoms with Gasteiger partial charge in [0, 0.05) is 11.1 Å². The molecule has 4 heteroatoms. The second kappa shape index (κ2) is 6.20. The lowest BCUT2D eigenvalue weighted by Crippen LogP contribution is -2.16. The molecule has 0 radical (unpaired) electrons. The van der Waals surface area contributed by atoms with Gasteiger partial charge in [-0.1, -0.05) is 24.3 Å². The largest absolute Gasteiger partial charge is 0.306 e. The van der Waals surface area contributed by atoms with E-state index in [1.54, 1.807) is 0 Å². The lowest BCUT2D eigenvalue weighted by Gasteiger charge is -2.12. The minimum absolute atomic E-state index is 0.0881. The van der Waals surface area contributed by atoms with Gasteiger partial charge in [0.25, 0.3) is 5.91 Å². The molecule has 1 aromatic heterocycles. The number of nitrogens with one attached hydrogen (secondary N) is 1. The molecule has 4 nitrogen and oxygen atoms in total. The SMILES string of the molecule is Cc1ccc(C(=O)Nc2c3c(nn2-c2ccccc2)CCC3)cc1C. The molecule has 1 amide bonds. The summed E-state index contributed by atoms with van der Waals surface area (Å²) in [7, 11) is 0. The first-order chi connectivity index (χ1) is 12.1. The molecule has 0 bridgehead atoms. The van der Waals surface area contributed by atoms with E-state index in [1.807, 2.05) is 67.1 Å². The maximum atomic E-state index is 12.8. The standard InChI is InChI=1S/C21H21N3O/c1-14-11-12-16(13-15(14)2)21(25)22-20-18-9-6-10-19(18)23-24(20)17-7-4-3-5-8-17/h3-5,7-8,11-13H,6,9-10H2,1-2H3,(H,22,25). The summed E-state index contributed by atoms with van der Waals surface area (Å²) in [6, 6.07) is 15.8. The Bertz CT molecular complexity index is 941. The molecule has 0 fully saturated rings. The molecule has 0 saturated carbocycles. The zero-order chi connectivity index (χ0) is 17.4. The maximum absolute atomic E-state index is 12.8. The van der Waals surface area contributed by atoms with Gasteiger partial charge in [-0.3, -0.25) is 4.79 Å². The number of nitrogens with zero attached hydrogens (tertiary/aromatic N) is 2. The van der Waals surface area contributed by atoms with E-state index >= 15 is 0 Å². The number of benzene rings is 2. The number of hydrogen-bond donors (Lipinski definition) is 1. The van der Waals surface area contributed by atoms with E-state index in [1.165, 1.54) is 11.1 Å². The zero-order valence-electron chi connectivity index (χ0n) is 14.5. The van der Waals surface area contributed by atoms with Gasteiger partial charge in [0.2, 0.25) is 0 Å². The van der Waals surface area contributed by atoms with Gasteiger partial charge in [-0.25, -0.2) is 4.68 Å². The van der Waals surface area contributed by atoms with Crippen molar-refractivity contribution in [3.63, 3.8) is 0 Å². The zero-order valence-corrected chi connectivity index (χ0v) is 14.5. The van der Waals surface area contributed by atoms with E-state index in [-0.39, 0.29) is 5.91 Å². The molecule has 0 saturated heterocycles. The Morgan fingerprint density at radius 3 is 2.60 bits per heavy atom.